The van der Waals surface area contributed by atoms with Gasteiger partial charge >= 0.3 is 0 Å². The van der Waals surface area contributed by atoms with Gasteiger partial charge in [0.05, 0.1) is 11.1 Å². The van der Waals surface area contributed by atoms with E-state index in [0.29, 0.717) is 23.7 Å². The Bertz CT molecular complexity index is 787. The molecule has 3 heterocycles. The van der Waals surface area contributed by atoms with E-state index in [-0.39, 0.29) is 18.7 Å². The molecule has 0 aromatic heterocycles. The van der Waals surface area contributed by atoms with Gasteiger partial charge in [0.25, 0.3) is 11.8 Å². The Labute approximate surface area is 143 Å². The van der Waals surface area contributed by atoms with Crippen LogP contribution in [0.1, 0.15) is 39.1 Å². The molecule has 1 unspecified atom stereocenters. The molecule has 4 amide bonds. The van der Waals surface area contributed by atoms with Gasteiger partial charge in [-0.05, 0) is 24.1 Å². The maximum Gasteiger partial charge on any atom is 0.262 e. The molecule has 2 saturated heterocycles. The maximum atomic E-state index is 12.7. The summed E-state index contributed by atoms with van der Waals surface area (Å²) in [5.41, 5.74) is 1.54. The highest BCUT2D eigenvalue weighted by molar-refractivity contribution is 6.23. The van der Waals surface area contributed by atoms with Crippen LogP contribution in [0.25, 0.3) is 0 Å². The summed E-state index contributed by atoms with van der Waals surface area (Å²) in [6, 6.07) is 4.66. The lowest BCUT2D eigenvalue weighted by Crippen LogP contribution is -2.55. The van der Waals surface area contributed by atoms with E-state index in [2.05, 4.69) is 16.0 Å². The molecule has 8 nitrogen and oxygen atoms in total. The molecule has 0 aliphatic carbocycles. The molecule has 3 N–H and O–H groups in total. The zero-order valence-electron chi connectivity index (χ0n) is 13.5. The number of imide groups is 2. The Morgan fingerprint density at radius 2 is 1.84 bits per heavy atom. The summed E-state index contributed by atoms with van der Waals surface area (Å²) in [7, 11) is 0. The van der Waals surface area contributed by atoms with Crippen LogP contribution < -0.4 is 16.0 Å². The highest BCUT2D eigenvalue weighted by Crippen LogP contribution is 2.28. The molecule has 1 aromatic carbocycles. The van der Waals surface area contributed by atoms with Gasteiger partial charge in [-0.15, -0.1) is 0 Å². The fourth-order valence-corrected chi connectivity index (χ4v) is 3.32. The van der Waals surface area contributed by atoms with Crippen LogP contribution in [0.15, 0.2) is 18.2 Å². The van der Waals surface area contributed by atoms with E-state index >= 15 is 0 Å². The van der Waals surface area contributed by atoms with Gasteiger partial charge in [0, 0.05) is 32.1 Å². The van der Waals surface area contributed by atoms with Crippen LogP contribution >= 0.6 is 0 Å². The monoisotopic (exact) mass is 342 g/mol. The van der Waals surface area contributed by atoms with Crippen LogP contribution in [0.4, 0.5) is 0 Å². The van der Waals surface area contributed by atoms with E-state index in [4.69, 9.17) is 0 Å². The molecule has 1 aromatic rings. The third kappa shape index (κ3) is 2.73. The Kier molecular flexibility index (Phi) is 3.85. The summed E-state index contributed by atoms with van der Waals surface area (Å²) in [5, 5.41) is 8.73. The van der Waals surface area contributed by atoms with Gasteiger partial charge in [0.15, 0.2) is 0 Å². The standard InChI is InChI=1S/C17H18N4O4/c22-14-4-3-13(15(23)20-14)21-16(24)11-2-1-9(5-12(11)17(21)25)6-19-10-7-18-8-10/h1-2,5,10,13,18-19H,3-4,6-8H2,(H,20,22,23). The van der Waals surface area contributed by atoms with Gasteiger partial charge < -0.3 is 10.6 Å². The predicted octanol–water partition coefficient (Wildman–Crippen LogP) is -0.851. The fraction of sp³-hybridized carbons (Fsp3) is 0.412. The second kappa shape index (κ2) is 6.05. The average molecular weight is 342 g/mol. The number of carbonyl (C=O) groups excluding carboxylic acids is 4. The lowest BCUT2D eigenvalue weighted by atomic mass is 10.0. The Morgan fingerprint density at radius 3 is 2.52 bits per heavy atom. The molecular weight excluding hydrogens is 324 g/mol. The number of piperidine rings is 1. The molecule has 25 heavy (non-hydrogen) atoms. The maximum absolute atomic E-state index is 12.7. The number of nitrogens with one attached hydrogen (secondary N) is 3. The number of amides is 4. The zero-order chi connectivity index (χ0) is 17.6. The van der Waals surface area contributed by atoms with E-state index in [9.17, 15) is 19.2 Å². The molecule has 130 valence electrons. The van der Waals surface area contributed by atoms with Crippen molar-refractivity contribution in [3.63, 3.8) is 0 Å². The zero-order valence-corrected chi connectivity index (χ0v) is 13.5. The number of carbonyl (C=O) groups is 4. The minimum Gasteiger partial charge on any atom is -0.314 e. The molecule has 2 fully saturated rings. The lowest BCUT2D eigenvalue weighted by Gasteiger charge is -2.28. The second-order valence-electron chi connectivity index (χ2n) is 6.56. The number of hydrogen-bond donors (Lipinski definition) is 3. The first-order valence-corrected chi connectivity index (χ1v) is 8.33. The number of hydrogen-bond acceptors (Lipinski definition) is 6. The third-order valence-electron chi connectivity index (χ3n) is 4.88. The van der Waals surface area contributed by atoms with Crippen molar-refractivity contribution < 1.29 is 19.2 Å². The third-order valence-corrected chi connectivity index (χ3v) is 4.88. The van der Waals surface area contributed by atoms with E-state index < -0.39 is 23.8 Å². The molecule has 3 aliphatic rings. The van der Waals surface area contributed by atoms with Crippen LogP contribution in [0, 0.1) is 0 Å². The summed E-state index contributed by atoms with van der Waals surface area (Å²) >= 11 is 0. The van der Waals surface area contributed by atoms with Gasteiger partial charge in [-0.3, -0.25) is 29.4 Å². The molecule has 8 heteroatoms. The molecule has 1 atom stereocenters. The number of rotatable bonds is 4. The normalized spacial score (nSPS) is 23.5. The van der Waals surface area contributed by atoms with Crippen molar-refractivity contribution in [2.75, 3.05) is 13.1 Å². The lowest BCUT2D eigenvalue weighted by molar-refractivity contribution is -0.136. The quantitative estimate of drug-likeness (QED) is 0.615. The van der Waals surface area contributed by atoms with E-state index in [1.807, 2.05) is 6.07 Å². The van der Waals surface area contributed by atoms with Crippen LogP contribution in [0.2, 0.25) is 0 Å². The van der Waals surface area contributed by atoms with Crippen LogP contribution in [-0.4, -0.2) is 53.7 Å². The highest BCUT2D eigenvalue weighted by atomic mass is 16.2. The molecule has 4 rings (SSSR count). The van der Waals surface area contributed by atoms with Crippen molar-refractivity contribution in [3.8, 4) is 0 Å². The van der Waals surface area contributed by atoms with Gasteiger partial charge in [-0.1, -0.05) is 6.07 Å². The second-order valence-corrected chi connectivity index (χ2v) is 6.56. The molecule has 3 aliphatic heterocycles. The van der Waals surface area contributed by atoms with Crippen LogP contribution in [0.3, 0.4) is 0 Å². The van der Waals surface area contributed by atoms with Crippen LogP contribution in [-0.2, 0) is 16.1 Å². The van der Waals surface area contributed by atoms with Crippen molar-refractivity contribution in [1.29, 1.82) is 0 Å². The van der Waals surface area contributed by atoms with Crippen molar-refractivity contribution in [3.05, 3.63) is 34.9 Å². The predicted molar refractivity (Wildman–Crippen MR) is 86.6 cm³/mol. The molecule has 0 saturated carbocycles. The summed E-state index contributed by atoms with van der Waals surface area (Å²) in [4.78, 5) is 49.6. The first kappa shape index (κ1) is 15.9. The number of fused-ring (bicyclic) bond motifs is 1. The topological polar surface area (TPSA) is 108 Å². The Hall–Kier alpha value is -2.58. The van der Waals surface area contributed by atoms with Gasteiger partial charge in [0.2, 0.25) is 11.8 Å². The average Bonchev–Trinajstić information content (AvgIpc) is 2.78. The summed E-state index contributed by atoms with van der Waals surface area (Å²) in [6.07, 6.45) is 0.285. The van der Waals surface area contributed by atoms with Crippen LogP contribution in [0.5, 0.6) is 0 Å². The van der Waals surface area contributed by atoms with Crippen molar-refractivity contribution in [2.45, 2.75) is 31.5 Å². The smallest absolute Gasteiger partial charge is 0.262 e. The van der Waals surface area contributed by atoms with E-state index in [0.717, 1.165) is 23.6 Å². The van der Waals surface area contributed by atoms with Gasteiger partial charge in [-0.2, -0.15) is 0 Å². The molecule has 0 radical (unpaired) electrons. The molecule has 0 bridgehead atoms. The molecule has 0 spiro atoms. The van der Waals surface area contributed by atoms with Crippen molar-refractivity contribution in [2.24, 2.45) is 0 Å². The largest absolute Gasteiger partial charge is 0.314 e. The fourth-order valence-electron chi connectivity index (χ4n) is 3.32. The Balaban J connectivity index is 1.54. The number of nitrogens with zero attached hydrogens (tertiary/aromatic N) is 1. The summed E-state index contributed by atoms with van der Waals surface area (Å²) in [5.74, 6) is -1.92. The highest BCUT2D eigenvalue weighted by Gasteiger charge is 2.44. The van der Waals surface area contributed by atoms with Gasteiger partial charge in [-0.25, -0.2) is 0 Å². The number of benzene rings is 1. The van der Waals surface area contributed by atoms with E-state index in [1.165, 1.54) is 0 Å². The van der Waals surface area contributed by atoms with Crippen molar-refractivity contribution >= 4 is 23.6 Å². The first-order valence-electron chi connectivity index (χ1n) is 8.33. The first-order chi connectivity index (χ1) is 12.0. The minimum atomic E-state index is -0.923. The summed E-state index contributed by atoms with van der Waals surface area (Å²) < 4.78 is 0. The van der Waals surface area contributed by atoms with E-state index in [1.54, 1.807) is 12.1 Å². The summed E-state index contributed by atoms with van der Waals surface area (Å²) in [6.45, 7) is 2.46. The van der Waals surface area contributed by atoms with Gasteiger partial charge in [0.1, 0.15) is 6.04 Å². The SMILES string of the molecule is O=C1CCC(N2C(=O)c3ccc(CNC4CNC4)cc3C2=O)C(=O)N1. The Morgan fingerprint density at radius 1 is 1.08 bits per heavy atom. The van der Waals surface area contributed by atoms with Crippen molar-refractivity contribution in [1.82, 2.24) is 20.9 Å². The minimum absolute atomic E-state index is 0.119. The molecular formula is C17H18N4O4.